The summed E-state index contributed by atoms with van der Waals surface area (Å²) in [4.78, 5) is 10.7. The molecule has 13 N–H and O–H groups in total. The second-order valence-corrected chi connectivity index (χ2v) is 11.0. The molecule has 1 heterocycles. The predicted molar refractivity (Wildman–Crippen MR) is 159 cm³/mol. The Morgan fingerprint density at radius 2 is 1.52 bits per heavy atom. The highest BCUT2D eigenvalue weighted by molar-refractivity contribution is 5.72. The van der Waals surface area contributed by atoms with Crippen molar-refractivity contribution in [2.45, 2.75) is 87.3 Å². The fourth-order valence-electron chi connectivity index (χ4n) is 4.50. The average molecular weight is 660 g/mol. The van der Waals surface area contributed by atoms with E-state index in [1.165, 1.54) is 11.6 Å². The molecule has 260 valence electrons. The Morgan fingerprint density at radius 1 is 0.891 bits per heavy atom. The van der Waals surface area contributed by atoms with Crippen molar-refractivity contribution >= 4 is 5.97 Å². The Balaban J connectivity index is 0.000000321. The van der Waals surface area contributed by atoms with Crippen molar-refractivity contribution in [3.8, 4) is 17.2 Å². The molecular weight excluding hydrogens is 614 g/mol. The lowest BCUT2D eigenvalue weighted by Gasteiger charge is -2.42. The van der Waals surface area contributed by atoms with Crippen molar-refractivity contribution in [2.75, 3.05) is 19.8 Å². The molecule has 1 saturated heterocycles. The molecule has 46 heavy (non-hydrogen) atoms. The summed E-state index contributed by atoms with van der Waals surface area (Å²) in [6, 6.07) is 12.6. The fourth-order valence-corrected chi connectivity index (χ4v) is 4.50. The number of carbonyl (C=O) groups is 1. The second-order valence-electron chi connectivity index (χ2n) is 11.0. The van der Waals surface area contributed by atoms with Crippen molar-refractivity contribution in [2.24, 2.45) is 0 Å². The number of rotatable bonds is 15. The standard InChI is InChI=1S/C18H23NO3.C12H22O12/c1-13(2-3-14-4-7-16(20)8-5-14)19-11-10-15-6-9-17(21)18(22)12-15;13-1-3(15)10(7(18)8(19)11(21)22)24-12-9(20)6(17)5(16)4(2-14)23-12/h4-9,12-13,19-22H,2-3,10-11H2,1H3;3-10,12-20H,1-2H2,(H,21,22)/t13-;/m0./s1. The lowest BCUT2D eigenvalue weighted by molar-refractivity contribution is -0.326. The van der Waals surface area contributed by atoms with E-state index in [9.17, 15) is 50.8 Å². The van der Waals surface area contributed by atoms with E-state index >= 15 is 0 Å². The highest BCUT2D eigenvalue weighted by Gasteiger charge is 2.47. The van der Waals surface area contributed by atoms with E-state index in [4.69, 9.17) is 24.8 Å². The minimum atomic E-state index is -2.39. The monoisotopic (exact) mass is 659 g/mol. The third-order valence-corrected chi connectivity index (χ3v) is 7.37. The zero-order chi connectivity index (χ0) is 34.6. The van der Waals surface area contributed by atoms with Crippen LogP contribution in [-0.4, -0.2) is 148 Å². The summed E-state index contributed by atoms with van der Waals surface area (Å²) in [6.07, 6.45) is -14.1. The van der Waals surface area contributed by atoms with Gasteiger partial charge in [-0.1, -0.05) is 18.2 Å². The Morgan fingerprint density at radius 3 is 2.09 bits per heavy atom. The number of carboxylic acids is 1. The van der Waals surface area contributed by atoms with E-state index in [1.54, 1.807) is 18.2 Å². The molecule has 0 aliphatic carbocycles. The van der Waals surface area contributed by atoms with Crippen LogP contribution in [-0.2, 0) is 27.1 Å². The van der Waals surface area contributed by atoms with Gasteiger partial charge in [0.2, 0.25) is 0 Å². The number of phenolic OH excluding ortho intramolecular Hbond substituents is 3. The van der Waals surface area contributed by atoms with Crippen molar-refractivity contribution in [3.63, 3.8) is 0 Å². The van der Waals surface area contributed by atoms with E-state index in [0.29, 0.717) is 11.8 Å². The van der Waals surface area contributed by atoms with Crippen molar-refractivity contribution in [1.82, 2.24) is 5.32 Å². The topological polar surface area (TPSA) is 290 Å². The van der Waals surface area contributed by atoms with Crippen LogP contribution in [0.5, 0.6) is 17.2 Å². The number of aryl methyl sites for hydroxylation is 1. The van der Waals surface area contributed by atoms with E-state index < -0.39 is 74.3 Å². The van der Waals surface area contributed by atoms with E-state index in [0.717, 1.165) is 31.4 Å². The van der Waals surface area contributed by atoms with Crippen LogP contribution in [0.25, 0.3) is 0 Å². The van der Waals surface area contributed by atoms with Crippen LogP contribution < -0.4 is 5.32 Å². The predicted octanol–water partition coefficient (Wildman–Crippen LogP) is -2.71. The maximum atomic E-state index is 10.7. The maximum absolute atomic E-state index is 10.7. The van der Waals surface area contributed by atoms with Gasteiger partial charge in [0.1, 0.15) is 48.5 Å². The first-order chi connectivity index (χ1) is 21.7. The molecule has 16 heteroatoms. The number of hydrogen-bond acceptors (Lipinski definition) is 15. The molecule has 10 atom stereocenters. The lowest BCUT2D eigenvalue weighted by Crippen LogP contribution is -2.61. The number of carboxylic acid groups (broad SMARTS) is 1. The highest BCUT2D eigenvalue weighted by Crippen LogP contribution is 2.26. The smallest absolute Gasteiger partial charge is 0.335 e. The van der Waals surface area contributed by atoms with Crippen molar-refractivity contribution in [1.29, 1.82) is 0 Å². The maximum Gasteiger partial charge on any atom is 0.335 e. The van der Waals surface area contributed by atoms with Gasteiger partial charge in [-0.05, 0) is 68.1 Å². The van der Waals surface area contributed by atoms with Gasteiger partial charge in [-0.2, -0.15) is 0 Å². The first kappa shape index (κ1) is 39.1. The summed E-state index contributed by atoms with van der Waals surface area (Å²) in [5.74, 6) is -1.70. The summed E-state index contributed by atoms with van der Waals surface area (Å²) < 4.78 is 9.98. The summed E-state index contributed by atoms with van der Waals surface area (Å²) in [5, 5.41) is 116. The molecule has 2 aromatic rings. The minimum Gasteiger partial charge on any atom is -0.508 e. The normalized spacial score (nSPS) is 24.6. The second kappa shape index (κ2) is 18.9. The molecule has 16 nitrogen and oxygen atoms in total. The zero-order valence-electron chi connectivity index (χ0n) is 25.1. The van der Waals surface area contributed by atoms with E-state index in [2.05, 4.69) is 12.2 Å². The molecule has 0 aromatic heterocycles. The van der Waals surface area contributed by atoms with Crippen molar-refractivity contribution < 1.29 is 75.5 Å². The molecule has 1 aliphatic rings. The highest BCUT2D eigenvalue weighted by atomic mass is 16.7. The Labute approximate surface area is 265 Å². The fraction of sp³-hybridized carbons (Fsp3) is 0.567. The first-order valence-corrected chi connectivity index (χ1v) is 14.6. The number of ether oxygens (including phenoxy) is 2. The number of aromatic hydroxyl groups is 3. The summed E-state index contributed by atoms with van der Waals surface area (Å²) in [7, 11) is 0. The molecule has 1 fully saturated rings. The van der Waals surface area contributed by atoms with Crippen LogP contribution >= 0.6 is 0 Å². The number of hydrogen-bond donors (Lipinski definition) is 13. The summed E-state index contributed by atoms with van der Waals surface area (Å²) >= 11 is 0. The number of aliphatic hydroxyl groups is 8. The van der Waals surface area contributed by atoms with Gasteiger partial charge in [-0.15, -0.1) is 0 Å². The third kappa shape index (κ3) is 11.6. The van der Waals surface area contributed by atoms with Crippen LogP contribution in [0.15, 0.2) is 42.5 Å². The SMILES string of the molecule is C[C@@H](CCc1ccc(O)cc1)NCCc1ccc(O)c(O)c1.O=C(O)C(O)C(O)C(OC1OC(CO)C(O)C(O)C1O)C(O)CO. The molecule has 1 aliphatic heterocycles. The summed E-state index contributed by atoms with van der Waals surface area (Å²) in [5.41, 5.74) is 2.21. The van der Waals surface area contributed by atoms with Crippen LogP contribution in [0, 0.1) is 0 Å². The Bertz CT molecular complexity index is 1180. The number of aliphatic carboxylic acids is 1. The molecule has 0 radical (unpaired) electrons. The van der Waals surface area contributed by atoms with Gasteiger partial charge in [0.05, 0.1) is 13.2 Å². The quantitative estimate of drug-likeness (QED) is 0.0865. The number of aliphatic hydroxyl groups excluding tert-OH is 8. The first-order valence-electron chi connectivity index (χ1n) is 14.6. The van der Waals surface area contributed by atoms with Gasteiger partial charge in [-0.25, -0.2) is 4.79 Å². The molecular formula is C30H45NO15. The van der Waals surface area contributed by atoms with Gasteiger partial charge in [0.15, 0.2) is 23.9 Å². The zero-order valence-corrected chi connectivity index (χ0v) is 25.1. The van der Waals surface area contributed by atoms with Crippen molar-refractivity contribution in [3.05, 3.63) is 53.6 Å². The van der Waals surface area contributed by atoms with Crippen LogP contribution in [0.3, 0.4) is 0 Å². The molecule has 9 unspecified atom stereocenters. The molecule has 0 spiro atoms. The van der Waals surface area contributed by atoms with Gasteiger partial charge in [0, 0.05) is 6.04 Å². The molecule has 0 amide bonds. The minimum absolute atomic E-state index is 0.0714. The molecule has 0 saturated carbocycles. The van der Waals surface area contributed by atoms with Gasteiger partial charge in [-0.3, -0.25) is 0 Å². The van der Waals surface area contributed by atoms with Gasteiger partial charge < -0.3 is 76.1 Å². The number of nitrogens with one attached hydrogen (secondary N) is 1. The largest absolute Gasteiger partial charge is 0.508 e. The lowest BCUT2D eigenvalue weighted by atomic mass is 9.98. The average Bonchev–Trinajstić information content (AvgIpc) is 3.04. The Hall–Kier alpha value is -3.13. The van der Waals surface area contributed by atoms with Crippen LogP contribution in [0.1, 0.15) is 24.5 Å². The molecule has 3 rings (SSSR count). The third-order valence-electron chi connectivity index (χ3n) is 7.37. The number of benzene rings is 2. The van der Waals surface area contributed by atoms with E-state index in [1.807, 2.05) is 18.2 Å². The Kier molecular flexibility index (Phi) is 16.0. The van der Waals surface area contributed by atoms with Crippen LogP contribution in [0.2, 0.25) is 0 Å². The van der Waals surface area contributed by atoms with Gasteiger partial charge >= 0.3 is 5.97 Å². The van der Waals surface area contributed by atoms with E-state index in [-0.39, 0.29) is 11.5 Å². The molecule has 2 aromatic carbocycles. The molecule has 0 bridgehead atoms. The van der Waals surface area contributed by atoms with Gasteiger partial charge in [0.25, 0.3) is 0 Å². The van der Waals surface area contributed by atoms with Crippen LogP contribution in [0.4, 0.5) is 0 Å². The summed E-state index contributed by atoms with van der Waals surface area (Å²) in [6.45, 7) is 1.21. The number of phenols is 3.